The van der Waals surface area contributed by atoms with Crippen LogP contribution in [0.15, 0.2) is 85.7 Å². The number of hydrogen-bond acceptors (Lipinski definition) is 4. The highest BCUT2D eigenvalue weighted by molar-refractivity contribution is 5.62. The minimum Gasteiger partial charge on any atom is -0.265 e. The van der Waals surface area contributed by atoms with E-state index in [1.54, 1.807) is 18.6 Å². The van der Waals surface area contributed by atoms with Gasteiger partial charge in [-0.3, -0.25) is 19.9 Å². The predicted molar refractivity (Wildman–Crippen MR) is 127 cm³/mol. The fourth-order valence-corrected chi connectivity index (χ4v) is 2.53. The quantitative estimate of drug-likeness (QED) is 0.365. The number of hydrogen-bond donors (Lipinski definition) is 0. The van der Waals surface area contributed by atoms with E-state index in [4.69, 9.17) is 0 Å². The van der Waals surface area contributed by atoms with Crippen molar-refractivity contribution in [3.8, 4) is 22.3 Å². The molecule has 4 nitrogen and oxygen atoms in total. The molecule has 0 amide bonds. The van der Waals surface area contributed by atoms with E-state index in [0.717, 1.165) is 17.0 Å². The lowest BCUT2D eigenvalue weighted by molar-refractivity contribution is 1.20. The van der Waals surface area contributed by atoms with Gasteiger partial charge in [0.1, 0.15) is 0 Å². The zero-order valence-electron chi connectivity index (χ0n) is 18.9. The summed E-state index contributed by atoms with van der Waals surface area (Å²) < 4.78 is 0. The number of aromatic nitrogens is 4. The molecule has 0 fully saturated rings. The van der Waals surface area contributed by atoms with E-state index in [0.29, 0.717) is 0 Å². The Labute approximate surface area is 181 Å². The second-order valence-corrected chi connectivity index (χ2v) is 5.85. The van der Waals surface area contributed by atoms with Crippen LogP contribution in [0.5, 0.6) is 0 Å². The Hall–Kier alpha value is -3.40. The summed E-state index contributed by atoms with van der Waals surface area (Å²) in [6, 6.07) is 16.1. The van der Waals surface area contributed by atoms with Crippen LogP contribution in [0.25, 0.3) is 22.3 Å². The van der Waals surface area contributed by atoms with Gasteiger partial charge in [-0.1, -0.05) is 33.8 Å². The molecule has 30 heavy (non-hydrogen) atoms. The number of nitrogens with zero attached hydrogens (tertiary/aromatic N) is 4. The molecular formula is C26H32N4. The van der Waals surface area contributed by atoms with Gasteiger partial charge in [0, 0.05) is 54.1 Å². The van der Waals surface area contributed by atoms with E-state index in [2.05, 4.69) is 32.1 Å². The largest absolute Gasteiger partial charge is 0.265 e. The first-order valence-electron chi connectivity index (χ1n) is 10.4. The highest BCUT2D eigenvalue weighted by Gasteiger charge is 1.97. The van der Waals surface area contributed by atoms with Crippen LogP contribution in [0.2, 0.25) is 0 Å². The average molecular weight is 401 g/mol. The molecule has 0 saturated heterocycles. The van der Waals surface area contributed by atoms with Crippen LogP contribution >= 0.6 is 0 Å². The maximum atomic E-state index is 4.15. The van der Waals surface area contributed by atoms with Crippen LogP contribution in [-0.2, 0) is 0 Å². The maximum Gasteiger partial charge on any atom is 0.0378 e. The Morgan fingerprint density at radius 3 is 1.47 bits per heavy atom. The van der Waals surface area contributed by atoms with E-state index >= 15 is 0 Å². The van der Waals surface area contributed by atoms with E-state index in [-0.39, 0.29) is 0 Å². The Bertz CT molecular complexity index is 874. The van der Waals surface area contributed by atoms with Crippen molar-refractivity contribution in [1.29, 1.82) is 0 Å². The molecule has 0 aliphatic heterocycles. The van der Waals surface area contributed by atoms with E-state index in [9.17, 15) is 0 Å². The molecule has 0 saturated carbocycles. The molecule has 156 valence electrons. The van der Waals surface area contributed by atoms with Crippen molar-refractivity contribution in [3.05, 3.63) is 97.1 Å². The molecule has 4 heterocycles. The predicted octanol–water partition coefficient (Wildman–Crippen LogP) is 6.96. The third kappa shape index (κ3) is 8.31. The zero-order chi connectivity index (χ0) is 22.2. The SMILES string of the molecule is CC.CC.Cc1cc(-c2cccnc2)ccn1.Cc1cc(-c2ccncc2)ccn1. The number of rotatable bonds is 2. The Balaban J connectivity index is 0.000000258. The van der Waals surface area contributed by atoms with Crippen molar-refractivity contribution in [2.45, 2.75) is 41.5 Å². The van der Waals surface area contributed by atoms with Gasteiger partial charge < -0.3 is 0 Å². The summed E-state index contributed by atoms with van der Waals surface area (Å²) in [5.41, 5.74) is 6.74. The van der Waals surface area contributed by atoms with Crippen LogP contribution in [-0.4, -0.2) is 19.9 Å². The summed E-state index contributed by atoms with van der Waals surface area (Å²) in [6.45, 7) is 12.0. The Morgan fingerprint density at radius 1 is 0.500 bits per heavy atom. The van der Waals surface area contributed by atoms with E-state index in [1.165, 1.54) is 16.7 Å². The lowest BCUT2D eigenvalue weighted by Gasteiger charge is -2.00. The van der Waals surface area contributed by atoms with Gasteiger partial charge in [0.05, 0.1) is 0 Å². The summed E-state index contributed by atoms with van der Waals surface area (Å²) in [4.78, 5) is 16.3. The van der Waals surface area contributed by atoms with Gasteiger partial charge in [-0.2, -0.15) is 0 Å². The number of pyridine rings is 4. The van der Waals surface area contributed by atoms with Crippen molar-refractivity contribution in [3.63, 3.8) is 0 Å². The molecule has 0 radical (unpaired) electrons. The van der Waals surface area contributed by atoms with Gasteiger partial charge in [-0.15, -0.1) is 0 Å². The van der Waals surface area contributed by atoms with Crippen LogP contribution in [0.1, 0.15) is 39.1 Å². The smallest absolute Gasteiger partial charge is 0.0378 e. The molecule has 0 spiro atoms. The number of aryl methyl sites for hydroxylation is 2. The van der Waals surface area contributed by atoms with Crippen molar-refractivity contribution in [2.75, 3.05) is 0 Å². The van der Waals surface area contributed by atoms with Gasteiger partial charge in [0.2, 0.25) is 0 Å². The highest BCUT2D eigenvalue weighted by atomic mass is 14.7. The van der Waals surface area contributed by atoms with Crippen molar-refractivity contribution in [1.82, 2.24) is 19.9 Å². The van der Waals surface area contributed by atoms with Crippen molar-refractivity contribution >= 4 is 0 Å². The molecule has 4 rings (SSSR count). The summed E-state index contributed by atoms with van der Waals surface area (Å²) in [5.74, 6) is 0. The first-order valence-corrected chi connectivity index (χ1v) is 10.4. The molecule has 4 aromatic heterocycles. The maximum absolute atomic E-state index is 4.15. The Morgan fingerprint density at radius 2 is 1.00 bits per heavy atom. The fourth-order valence-electron chi connectivity index (χ4n) is 2.53. The molecule has 0 bridgehead atoms. The fraction of sp³-hybridized carbons (Fsp3) is 0.231. The van der Waals surface area contributed by atoms with Crippen molar-refractivity contribution < 1.29 is 0 Å². The first kappa shape index (κ1) is 24.6. The Kier molecular flexibility index (Phi) is 12.0. The molecule has 0 N–H and O–H groups in total. The monoisotopic (exact) mass is 400 g/mol. The summed E-state index contributed by atoms with van der Waals surface area (Å²) in [5, 5.41) is 0. The second-order valence-electron chi connectivity index (χ2n) is 5.85. The van der Waals surface area contributed by atoms with E-state index in [1.807, 2.05) is 96.5 Å². The van der Waals surface area contributed by atoms with Crippen LogP contribution in [0, 0.1) is 13.8 Å². The summed E-state index contributed by atoms with van der Waals surface area (Å²) in [7, 11) is 0. The van der Waals surface area contributed by atoms with Gasteiger partial charge in [0.25, 0.3) is 0 Å². The summed E-state index contributed by atoms with van der Waals surface area (Å²) in [6.07, 6.45) is 10.9. The lowest BCUT2D eigenvalue weighted by atomic mass is 10.1. The molecule has 4 aromatic rings. The van der Waals surface area contributed by atoms with Crippen LogP contribution in [0.4, 0.5) is 0 Å². The minimum absolute atomic E-state index is 1.03. The normalized spacial score (nSPS) is 9.00. The molecule has 0 aliphatic carbocycles. The molecule has 0 unspecified atom stereocenters. The average Bonchev–Trinajstić information content (AvgIpc) is 2.83. The van der Waals surface area contributed by atoms with Gasteiger partial charge in [-0.05, 0) is 73.0 Å². The zero-order valence-corrected chi connectivity index (χ0v) is 18.9. The molecule has 0 aliphatic rings. The highest BCUT2D eigenvalue weighted by Crippen LogP contribution is 2.18. The topological polar surface area (TPSA) is 51.6 Å². The molecular weight excluding hydrogens is 368 g/mol. The van der Waals surface area contributed by atoms with E-state index < -0.39 is 0 Å². The summed E-state index contributed by atoms with van der Waals surface area (Å²) >= 11 is 0. The van der Waals surface area contributed by atoms with Crippen LogP contribution < -0.4 is 0 Å². The third-order valence-corrected chi connectivity index (χ3v) is 3.80. The minimum atomic E-state index is 1.03. The van der Waals surface area contributed by atoms with Crippen LogP contribution in [0.3, 0.4) is 0 Å². The first-order chi connectivity index (χ1) is 14.7. The van der Waals surface area contributed by atoms with Crippen molar-refractivity contribution in [2.24, 2.45) is 0 Å². The molecule has 0 atom stereocenters. The molecule has 0 aromatic carbocycles. The lowest BCUT2D eigenvalue weighted by Crippen LogP contribution is -1.83. The standard InChI is InChI=1S/2C11H10N2.2C2H6/c1-9-8-11(4-7-13-9)10-2-5-12-6-3-10;1-9-7-10(4-6-13-9)11-3-2-5-12-8-11;2*1-2/h2*2-8H,1H3;2*1-2H3. The van der Waals surface area contributed by atoms with Gasteiger partial charge in [0.15, 0.2) is 0 Å². The second kappa shape index (κ2) is 14.6. The molecule has 4 heteroatoms. The van der Waals surface area contributed by atoms with Gasteiger partial charge in [-0.25, -0.2) is 0 Å². The third-order valence-electron chi connectivity index (χ3n) is 3.80. The van der Waals surface area contributed by atoms with Gasteiger partial charge >= 0.3 is 0 Å².